The van der Waals surface area contributed by atoms with E-state index in [4.69, 9.17) is 4.74 Å². The largest absolute Gasteiger partial charge is 0.497 e. The number of hydrogen-bond acceptors (Lipinski definition) is 6. The van der Waals surface area contributed by atoms with Crippen molar-refractivity contribution in [1.82, 2.24) is 15.1 Å². The number of methoxy groups -OCH3 is 1. The molecular weight excluding hydrogens is 370 g/mol. The van der Waals surface area contributed by atoms with E-state index >= 15 is 0 Å². The molecule has 0 bridgehead atoms. The summed E-state index contributed by atoms with van der Waals surface area (Å²) in [4.78, 5) is 28.3. The summed E-state index contributed by atoms with van der Waals surface area (Å²) >= 11 is 0. The Morgan fingerprint density at radius 1 is 1.19 bits per heavy atom. The lowest BCUT2D eigenvalue weighted by Gasteiger charge is -2.28. The summed E-state index contributed by atoms with van der Waals surface area (Å²) in [6.45, 7) is 1.06. The number of amides is 2. The first kappa shape index (κ1) is 21.2. The van der Waals surface area contributed by atoms with Crippen molar-refractivity contribution in [3.63, 3.8) is 0 Å². The van der Waals surface area contributed by atoms with Gasteiger partial charge in [0, 0.05) is 25.7 Å². The third-order valence-electron chi connectivity index (χ3n) is 4.50. The number of carbonyl (C=O) groups excluding carboxylic acids is 2. The topological polar surface area (TPSA) is 96.0 Å². The molecule has 1 aliphatic rings. The van der Waals surface area contributed by atoms with Crippen LogP contribution in [0, 0.1) is 0 Å². The van der Waals surface area contributed by atoms with E-state index in [1.807, 2.05) is 19.0 Å². The second kappa shape index (κ2) is 9.18. The van der Waals surface area contributed by atoms with Gasteiger partial charge in [0.05, 0.1) is 18.6 Å². The molecule has 1 heterocycles. The van der Waals surface area contributed by atoms with E-state index in [1.54, 1.807) is 31.4 Å². The second-order valence-electron chi connectivity index (χ2n) is 6.89. The van der Waals surface area contributed by atoms with E-state index < -0.39 is 27.7 Å². The van der Waals surface area contributed by atoms with Gasteiger partial charge in [0.2, 0.25) is 0 Å². The molecule has 8 nitrogen and oxygen atoms in total. The normalized spacial score (nSPS) is 18.3. The number of sulfone groups is 1. The highest BCUT2D eigenvalue weighted by molar-refractivity contribution is 7.91. The number of nitrogens with one attached hydrogen (secondary N) is 1. The standard InChI is InChI=1S/C18H27N3O5S/c1-20(2)9-10-21(15-8-11-27(24,25)13-15)18(23)17(22)19-12-14-4-6-16(26-3)7-5-14/h4-7,15H,8-13H2,1-3H3,(H,19,22). The maximum absolute atomic E-state index is 12.7. The van der Waals surface area contributed by atoms with Gasteiger partial charge in [-0.25, -0.2) is 8.42 Å². The van der Waals surface area contributed by atoms with Crippen LogP contribution in [0.5, 0.6) is 5.75 Å². The summed E-state index contributed by atoms with van der Waals surface area (Å²) < 4.78 is 28.6. The first-order valence-electron chi connectivity index (χ1n) is 8.78. The van der Waals surface area contributed by atoms with Crippen molar-refractivity contribution in [2.75, 3.05) is 45.8 Å². The van der Waals surface area contributed by atoms with Crippen molar-refractivity contribution >= 4 is 21.7 Å². The van der Waals surface area contributed by atoms with Crippen LogP contribution in [0.1, 0.15) is 12.0 Å². The Balaban J connectivity index is 2.00. The van der Waals surface area contributed by atoms with Crippen LogP contribution >= 0.6 is 0 Å². The SMILES string of the molecule is COc1ccc(CNC(=O)C(=O)N(CCN(C)C)C2CCS(=O)(=O)C2)cc1. The molecule has 0 saturated carbocycles. The molecule has 9 heteroatoms. The number of nitrogens with zero attached hydrogens (tertiary/aromatic N) is 2. The number of rotatable bonds is 7. The zero-order valence-electron chi connectivity index (χ0n) is 16.0. The molecule has 1 atom stereocenters. The molecule has 150 valence electrons. The maximum Gasteiger partial charge on any atom is 0.312 e. The summed E-state index contributed by atoms with van der Waals surface area (Å²) in [7, 11) is 2.14. The van der Waals surface area contributed by atoms with Gasteiger partial charge < -0.3 is 19.9 Å². The van der Waals surface area contributed by atoms with Crippen LogP contribution in [-0.2, 0) is 26.0 Å². The van der Waals surface area contributed by atoms with Gasteiger partial charge in [-0.05, 0) is 38.2 Å². The molecule has 27 heavy (non-hydrogen) atoms. The van der Waals surface area contributed by atoms with Crippen LogP contribution in [0.25, 0.3) is 0 Å². The number of hydrogen-bond donors (Lipinski definition) is 1. The molecule has 1 N–H and O–H groups in total. The lowest BCUT2D eigenvalue weighted by atomic mass is 10.2. The Labute approximate surface area is 160 Å². The van der Waals surface area contributed by atoms with E-state index in [0.717, 1.165) is 5.56 Å². The smallest absolute Gasteiger partial charge is 0.312 e. The van der Waals surface area contributed by atoms with E-state index in [2.05, 4.69) is 5.32 Å². The fraction of sp³-hybridized carbons (Fsp3) is 0.556. The van der Waals surface area contributed by atoms with Crippen molar-refractivity contribution in [2.24, 2.45) is 0 Å². The predicted octanol–water partition coefficient (Wildman–Crippen LogP) is -0.111. The maximum atomic E-state index is 12.7. The Morgan fingerprint density at radius 2 is 1.85 bits per heavy atom. The molecule has 0 aromatic heterocycles. The van der Waals surface area contributed by atoms with Crippen LogP contribution in [0.15, 0.2) is 24.3 Å². The van der Waals surface area contributed by atoms with Gasteiger partial charge in [0.15, 0.2) is 9.84 Å². The molecule has 1 unspecified atom stereocenters. The minimum atomic E-state index is -3.15. The molecule has 1 saturated heterocycles. The molecule has 2 rings (SSSR count). The number of benzene rings is 1. The van der Waals surface area contributed by atoms with Crippen molar-refractivity contribution in [3.05, 3.63) is 29.8 Å². The highest BCUT2D eigenvalue weighted by Crippen LogP contribution is 2.18. The lowest BCUT2D eigenvalue weighted by Crippen LogP contribution is -2.50. The molecule has 2 amide bonds. The Morgan fingerprint density at radius 3 is 2.37 bits per heavy atom. The molecule has 0 radical (unpaired) electrons. The summed E-state index contributed by atoms with van der Waals surface area (Å²) in [6, 6.07) is 6.70. The van der Waals surface area contributed by atoms with Crippen LogP contribution in [0.3, 0.4) is 0 Å². The first-order chi connectivity index (χ1) is 12.7. The van der Waals surface area contributed by atoms with Gasteiger partial charge in [-0.15, -0.1) is 0 Å². The van der Waals surface area contributed by atoms with Crippen LogP contribution < -0.4 is 10.1 Å². The van der Waals surface area contributed by atoms with Crippen molar-refractivity contribution < 1.29 is 22.7 Å². The van der Waals surface area contributed by atoms with Gasteiger partial charge in [0.25, 0.3) is 0 Å². The van der Waals surface area contributed by atoms with E-state index in [0.29, 0.717) is 25.3 Å². The summed E-state index contributed by atoms with van der Waals surface area (Å²) in [5, 5.41) is 2.61. The van der Waals surface area contributed by atoms with E-state index in [-0.39, 0.29) is 18.1 Å². The highest BCUT2D eigenvalue weighted by atomic mass is 32.2. The third kappa shape index (κ3) is 6.21. The predicted molar refractivity (Wildman–Crippen MR) is 102 cm³/mol. The number of carbonyl (C=O) groups is 2. The minimum Gasteiger partial charge on any atom is -0.497 e. The fourth-order valence-electron chi connectivity index (χ4n) is 2.91. The molecule has 1 aromatic rings. The van der Waals surface area contributed by atoms with Crippen LogP contribution in [0.4, 0.5) is 0 Å². The molecule has 1 fully saturated rings. The van der Waals surface area contributed by atoms with Crippen molar-refractivity contribution in [1.29, 1.82) is 0 Å². The van der Waals surface area contributed by atoms with E-state index in [9.17, 15) is 18.0 Å². The van der Waals surface area contributed by atoms with Gasteiger partial charge in [-0.1, -0.05) is 12.1 Å². The highest BCUT2D eigenvalue weighted by Gasteiger charge is 2.36. The zero-order chi connectivity index (χ0) is 20.0. The summed E-state index contributed by atoms with van der Waals surface area (Å²) in [5.74, 6) is -0.741. The monoisotopic (exact) mass is 397 g/mol. The van der Waals surface area contributed by atoms with Gasteiger partial charge in [-0.2, -0.15) is 0 Å². The average Bonchev–Trinajstić information content (AvgIpc) is 2.99. The van der Waals surface area contributed by atoms with Crippen LogP contribution in [-0.4, -0.2) is 81.9 Å². The average molecular weight is 397 g/mol. The Bertz CT molecular complexity index is 762. The van der Waals surface area contributed by atoms with E-state index in [1.165, 1.54) is 4.90 Å². The first-order valence-corrected chi connectivity index (χ1v) is 10.6. The number of ether oxygens (including phenoxy) is 1. The second-order valence-corrected chi connectivity index (χ2v) is 9.12. The summed E-state index contributed by atoms with van der Waals surface area (Å²) in [5.41, 5.74) is 0.834. The summed E-state index contributed by atoms with van der Waals surface area (Å²) in [6.07, 6.45) is 0.368. The quantitative estimate of drug-likeness (QED) is 0.645. The zero-order valence-corrected chi connectivity index (χ0v) is 16.8. The number of likely N-dealkylation sites (N-methyl/N-ethyl adjacent to an activating group) is 1. The lowest BCUT2D eigenvalue weighted by molar-refractivity contribution is -0.147. The molecular formula is C18H27N3O5S. The Kier molecular flexibility index (Phi) is 7.20. The van der Waals surface area contributed by atoms with Gasteiger partial charge >= 0.3 is 11.8 Å². The third-order valence-corrected chi connectivity index (χ3v) is 6.25. The molecule has 0 spiro atoms. The molecule has 1 aromatic carbocycles. The van der Waals surface area contributed by atoms with Crippen molar-refractivity contribution in [3.8, 4) is 5.75 Å². The molecule has 1 aliphatic heterocycles. The van der Waals surface area contributed by atoms with Crippen LogP contribution in [0.2, 0.25) is 0 Å². The minimum absolute atomic E-state index is 0.0525. The van der Waals surface area contributed by atoms with Gasteiger partial charge in [0.1, 0.15) is 5.75 Å². The van der Waals surface area contributed by atoms with Crippen molar-refractivity contribution in [2.45, 2.75) is 19.0 Å². The fourth-order valence-corrected chi connectivity index (χ4v) is 4.64. The molecule has 0 aliphatic carbocycles. The van der Waals surface area contributed by atoms with Gasteiger partial charge in [-0.3, -0.25) is 9.59 Å². The Hall–Kier alpha value is -2.13.